The summed E-state index contributed by atoms with van der Waals surface area (Å²) in [5.74, 6) is 0.431. The number of benzene rings is 1. The molecule has 0 radical (unpaired) electrons. The molecule has 0 bridgehead atoms. The molecule has 1 amide bonds. The fourth-order valence-electron chi connectivity index (χ4n) is 3.99. The number of ether oxygens (including phenoxy) is 1. The van der Waals surface area contributed by atoms with Gasteiger partial charge in [0, 0.05) is 37.6 Å². The van der Waals surface area contributed by atoms with Crippen LogP contribution >= 0.6 is 12.2 Å². The minimum Gasteiger partial charge on any atom is -0.379 e. The van der Waals surface area contributed by atoms with Crippen LogP contribution in [0.4, 0.5) is 0 Å². The zero-order valence-corrected chi connectivity index (χ0v) is 17.5. The van der Waals surface area contributed by atoms with Gasteiger partial charge in [0.05, 0.1) is 13.2 Å². The molecule has 3 rings (SSSR count). The SMILES string of the molecule is CCC(CC)[C@@H](CNC(=O)c1c[nH]c(=S)n1-c1ccccc1)N1CCOCC1. The van der Waals surface area contributed by atoms with Crippen LogP contribution < -0.4 is 5.32 Å². The van der Waals surface area contributed by atoms with E-state index in [9.17, 15) is 4.79 Å². The molecule has 0 unspecified atom stereocenters. The predicted octanol–water partition coefficient (Wildman–Crippen LogP) is 3.40. The number of nitrogens with zero attached hydrogens (tertiary/aromatic N) is 2. The fraction of sp³-hybridized carbons (Fsp3) is 0.524. The standard InChI is InChI=1S/C21H30N4O2S/c1-3-16(4-2)18(24-10-12-27-13-11-24)14-22-20(26)19-15-23-21(28)25(19)17-8-6-5-7-9-17/h5-9,15-16,18H,3-4,10-14H2,1-2H3,(H,22,26)(H,23,28)/t18-/m1/s1. The summed E-state index contributed by atoms with van der Waals surface area (Å²) < 4.78 is 7.81. The maximum atomic E-state index is 13.0. The Morgan fingerprint density at radius 1 is 1.21 bits per heavy atom. The minimum atomic E-state index is -0.111. The molecule has 28 heavy (non-hydrogen) atoms. The monoisotopic (exact) mass is 402 g/mol. The van der Waals surface area contributed by atoms with Gasteiger partial charge in [0.25, 0.3) is 5.91 Å². The second-order valence-corrected chi connectivity index (χ2v) is 7.54. The van der Waals surface area contributed by atoms with E-state index < -0.39 is 0 Å². The summed E-state index contributed by atoms with van der Waals surface area (Å²) in [5.41, 5.74) is 1.41. The quantitative estimate of drug-likeness (QED) is 0.665. The van der Waals surface area contributed by atoms with Gasteiger partial charge in [0.1, 0.15) is 5.69 Å². The third kappa shape index (κ3) is 4.71. The highest BCUT2D eigenvalue weighted by Gasteiger charge is 2.27. The van der Waals surface area contributed by atoms with E-state index in [1.807, 2.05) is 30.3 Å². The first-order valence-electron chi connectivity index (χ1n) is 10.1. The summed E-state index contributed by atoms with van der Waals surface area (Å²) >= 11 is 5.40. The van der Waals surface area contributed by atoms with Crippen molar-refractivity contribution in [3.8, 4) is 5.69 Å². The molecule has 6 nitrogen and oxygen atoms in total. The molecule has 1 aliphatic rings. The lowest BCUT2D eigenvalue weighted by Crippen LogP contribution is -2.52. The van der Waals surface area contributed by atoms with Crippen LogP contribution in [0.15, 0.2) is 36.5 Å². The molecule has 1 aliphatic heterocycles. The van der Waals surface area contributed by atoms with Gasteiger partial charge in [-0.25, -0.2) is 0 Å². The Morgan fingerprint density at radius 2 is 1.89 bits per heavy atom. The molecular formula is C21H30N4O2S. The number of nitrogens with one attached hydrogen (secondary N) is 2. The number of carbonyl (C=O) groups excluding carboxylic acids is 1. The zero-order valence-electron chi connectivity index (χ0n) is 16.7. The number of imidazole rings is 1. The number of hydrogen-bond donors (Lipinski definition) is 2. The number of aromatic nitrogens is 2. The molecule has 2 N–H and O–H groups in total. The number of rotatable bonds is 8. The molecule has 0 aliphatic carbocycles. The highest BCUT2D eigenvalue weighted by Crippen LogP contribution is 2.20. The van der Waals surface area contributed by atoms with E-state index in [1.165, 1.54) is 0 Å². The normalized spacial score (nSPS) is 16.2. The number of H-pyrrole nitrogens is 1. The van der Waals surface area contributed by atoms with Crippen molar-refractivity contribution in [2.75, 3.05) is 32.8 Å². The van der Waals surface area contributed by atoms with Crippen LogP contribution in [0.2, 0.25) is 0 Å². The molecule has 1 atom stereocenters. The summed E-state index contributed by atoms with van der Waals surface area (Å²) in [6.45, 7) is 8.43. The maximum Gasteiger partial charge on any atom is 0.269 e. The summed E-state index contributed by atoms with van der Waals surface area (Å²) in [6, 6.07) is 10.0. The number of aromatic amines is 1. The summed E-state index contributed by atoms with van der Waals surface area (Å²) in [7, 11) is 0. The van der Waals surface area contributed by atoms with Crippen LogP contribution in [0.25, 0.3) is 5.69 Å². The smallest absolute Gasteiger partial charge is 0.269 e. The van der Waals surface area contributed by atoms with Gasteiger partial charge in [-0.15, -0.1) is 0 Å². The van der Waals surface area contributed by atoms with E-state index in [0.717, 1.165) is 44.8 Å². The van der Waals surface area contributed by atoms with Crippen molar-refractivity contribution >= 4 is 18.1 Å². The maximum absolute atomic E-state index is 13.0. The third-order valence-corrected chi connectivity index (χ3v) is 5.90. The number of morpholine rings is 1. The van der Waals surface area contributed by atoms with E-state index in [4.69, 9.17) is 17.0 Å². The molecule has 152 valence electrons. The highest BCUT2D eigenvalue weighted by molar-refractivity contribution is 7.71. The average Bonchev–Trinajstić information content (AvgIpc) is 3.13. The molecule has 1 aromatic heterocycles. The highest BCUT2D eigenvalue weighted by atomic mass is 32.1. The molecular weight excluding hydrogens is 372 g/mol. The Morgan fingerprint density at radius 3 is 2.54 bits per heavy atom. The van der Waals surface area contributed by atoms with Gasteiger partial charge in [-0.1, -0.05) is 44.9 Å². The Balaban J connectivity index is 1.76. The van der Waals surface area contributed by atoms with E-state index in [1.54, 1.807) is 10.8 Å². The van der Waals surface area contributed by atoms with Crippen LogP contribution in [0.1, 0.15) is 37.2 Å². The summed E-state index contributed by atoms with van der Waals surface area (Å²) in [5, 5.41) is 3.16. The molecule has 1 fully saturated rings. The Bertz CT molecular complexity index is 807. The third-order valence-electron chi connectivity index (χ3n) is 5.60. The molecule has 0 spiro atoms. The largest absolute Gasteiger partial charge is 0.379 e. The first kappa shape index (κ1) is 20.8. The zero-order chi connectivity index (χ0) is 19.9. The molecule has 7 heteroatoms. The first-order chi connectivity index (χ1) is 13.7. The number of carbonyl (C=O) groups is 1. The Labute approximate surface area is 171 Å². The van der Waals surface area contributed by atoms with E-state index in [0.29, 0.717) is 29.0 Å². The molecule has 1 saturated heterocycles. The lowest BCUT2D eigenvalue weighted by atomic mass is 9.92. The summed E-state index contributed by atoms with van der Waals surface area (Å²) in [4.78, 5) is 18.5. The molecule has 2 aromatic rings. The van der Waals surface area contributed by atoms with Crippen LogP contribution in [0.5, 0.6) is 0 Å². The number of hydrogen-bond acceptors (Lipinski definition) is 4. The second-order valence-electron chi connectivity index (χ2n) is 7.15. The van der Waals surface area contributed by atoms with Gasteiger partial charge in [-0.3, -0.25) is 14.3 Å². The van der Waals surface area contributed by atoms with Crippen molar-refractivity contribution in [1.82, 2.24) is 19.8 Å². The van der Waals surface area contributed by atoms with Crippen molar-refractivity contribution < 1.29 is 9.53 Å². The molecule has 1 aromatic carbocycles. The fourth-order valence-corrected chi connectivity index (χ4v) is 4.26. The van der Waals surface area contributed by atoms with Gasteiger partial charge in [-0.05, 0) is 30.3 Å². The Kier molecular flexibility index (Phi) is 7.42. The summed E-state index contributed by atoms with van der Waals surface area (Å²) in [6.07, 6.45) is 3.88. The van der Waals surface area contributed by atoms with Crippen molar-refractivity contribution in [1.29, 1.82) is 0 Å². The number of amides is 1. The second kappa shape index (κ2) is 10.0. The van der Waals surface area contributed by atoms with Gasteiger partial charge >= 0.3 is 0 Å². The van der Waals surface area contributed by atoms with E-state index in [-0.39, 0.29) is 5.91 Å². The van der Waals surface area contributed by atoms with Crippen LogP contribution in [-0.2, 0) is 4.74 Å². The van der Waals surface area contributed by atoms with Crippen LogP contribution in [0, 0.1) is 10.7 Å². The van der Waals surface area contributed by atoms with Gasteiger partial charge in [0.2, 0.25) is 0 Å². The van der Waals surface area contributed by atoms with Crippen molar-refractivity contribution in [2.45, 2.75) is 32.7 Å². The van der Waals surface area contributed by atoms with Crippen LogP contribution in [-0.4, -0.2) is 59.2 Å². The van der Waals surface area contributed by atoms with Crippen molar-refractivity contribution in [3.63, 3.8) is 0 Å². The lowest BCUT2D eigenvalue weighted by Gasteiger charge is -2.38. The average molecular weight is 403 g/mol. The predicted molar refractivity (Wildman–Crippen MR) is 114 cm³/mol. The van der Waals surface area contributed by atoms with Crippen molar-refractivity contribution in [3.05, 3.63) is 47.0 Å². The Hall–Kier alpha value is -1.96. The topological polar surface area (TPSA) is 62.3 Å². The number of para-hydroxylation sites is 1. The van der Waals surface area contributed by atoms with E-state index in [2.05, 4.69) is 29.0 Å². The molecule has 0 saturated carbocycles. The lowest BCUT2D eigenvalue weighted by molar-refractivity contribution is 0.00189. The van der Waals surface area contributed by atoms with Crippen LogP contribution in [0.3, 0.4) is 0 Å². The molecule has 2 heterocycles. The van der Waals surface area contributed by atoms with Gasteiger partial charge in [-0.2, -0.15) is 0 Å². The van der Waals surface area contributed by atoms with E-state index >= 15 is 0 Å². The minimum absolute atomic E-state index is 0.111. The first-order valence-corrected chi connectivity index (χ1v) is 10.5. The van der Waals surface area contributed by atoms with Gasteiger partial charge < -0.3 is 15.0 Å². The van der Waals surface area contributed by atoms with Crippen molar-refractivity contribution in [2.24, 2.45) is 5.92 Å². The van der Waals surface area contributed by atoms with Gasteiger partial charge in [0.15, 0.2) is 4.77 Å².